The lowest BCUT2D eigenvalue weighted by molar-refractivity contribution is -0.141. The van der Waals surface area contributed by atoms with Gasteiger partial charge in [-0.05, 0) is 19.9 Å². The Labute approximate surface area is 122 Å². The van der Waals surface area contributed by atoms with Crippen molar-refractivity contribution in [3.63, 3.8) is 0 Å². The highest BCUT2D eigenvalue weighted by molar-refractivity contribution is 7.13. The largest absolute Gasteiger partial charge is 0.433 e. The Hall–Kier alpha value is -2.03. The van der Waals surface area contributed by atoms with Crippen molar-refractivity contribution in [3.05, 3.63) is 39.4 Å². The standard InChI is InChI=1S/C12H11F3N4OS/c1-6-10(21-7(2)18-6)11(20)17-5-9-16-4-3-8(19-9)12(13,14)15/h3-4H,5H2,1-2H3,(H,17,20). The zero-order valence-electron chi connectivity index (χ0n) is 11.2. The molecule has 0 spiro atoms. The van der Waals surface area contributed by atoms with Crippen LogP contribution in [0.3, 0.4) is 0 Å². The average molecular weight is 316 g/mol. The summed E-state index contributed by atoms with van der Waals surface area (Å²) in [6, 6.07) is 0.780. The third-order valence-electron chi connectivity index (χ3n) is 2.51. The van der Waals surface area contributed by atoms with E-state index in [9.17, 15) is 18.0 Å². The molecule has 0 saturated heterocycles. The predicted molar refractivity (Wildman–Crippen MR) is 69.8 cm³/mol. The Morgan fingerprint density at radius 3 is 2.62 bits per heavy atom. The molecule has 112 valence electrons. The van der Waals surface area contributed by atoms with Crippen molar-refractivity contribution >= 4 is 17.2 Å². The van der Waals surface area contributed by atoms with Crippen LogP contribution < -0.4 is 5.32 Å². The number of alkyl halides is 3. The molecule has 1 amide bonds. The van der Waals surface area contributed by atoms with Crippen molar-refractivity contribution in [1.29, 1.82) is 0 Å². The summed E-state index contributed by atoms with van der Waals surface area (Å²) in [5, 5.41) is 3.23. The van der Waals surface area contributed by atoms with Gasteiger partial charge in [0.15, 0.2) is 0 Å². The van der Waals surface area contributed by atoms with Gasteiger partial charge >= 0.3 is 6.18 Å². The molecule has 2 aromatic rings. The lowest BCUT2D eigenvalue weighted by Crippen LogP contribution is -2.24. The zero-order chi connectivity index (χ0) is 15.6. The van der Waals surface area contributed by atoms with Gasteiger partial charge in [0.05, 0.1) is 17.2 Å². The number of hydrogen-bond donors (Lipinski definition) is 1. The molecule has 9 heteroatoms. The van der Waals surface area contributed by atoms with Crippen LogP contribution in [0.15, 0.2) is 12.3 Å². The summed E-state index contributed by atoms with van der Waals surface area (Å²) in [4.78, 5) is 23.5. The van der Waals surface area contributed by atoms with E-state index in [0.29, 0.717) is 10.6 Å². The maximum absolute atomic E-state index is 12.5. The summed E-state index contributed by atoms with van der Waals surface area (Å²) < 4.78 is 37.5. The number of aryl methyl sites for hydroxylation is 2. The summed E-state index contributed by atoms with van der Waals surface area (Å²) in [5.41, 5.74) is -0.452. The average Bonchev–Trinajstić information content (AvgIpc) is 2.74. The van der Waals surface area contributed by atoms with Gasteiger partial charge in [-0.1, -0.05) is 0 Å². The van der Waals surface area contributed by atoms with Crippen LogP contribution in [0.2, 0.25) is 0 Å². The van der Waals surface area contributed by atoms with Gasteiger partial charge in [0.1, 0.15) is 16.4 Å². The first kappa shape index (κ1) is 15.4. The van der Waals surface area contributed by atoms with E-state index >= 15 is 0 Å². The first-order valence-corrected chi connectivity index (χ1v) is 6.70. The summed E-state index contributed by atoms with van der Waals surface area (Å²) in [6.45, 7) is 3.28. The molecule has 2 heterocycles. The monoisotopic (exact) mass is 316 g/mol. The van der Waals surface area contributed by atoms with Crippen LogP contribution in [0, 0.1) is 13.8 Å². The van der Waals surface area contributed by atoms with Crippen molar-refractivity contribution in [1.82, 2.24) is 20.3 Å². The van der Waals surface area contributed by atoms with E-state index in [2.05, 4.69) is 20.3 Å². The first-order valence-electron chi connectivity index (χ1n) is 5.88. The molecule has 0 unspecified atom stereocenters. The number of rotatable bonds is 3. The molecular weight excluding hydrogens is 305 g/mol. The van der Waals surface area contributed by atoms with E-state index in [-0.39, 0.29) is 12.4 Å². The molecule has 0 bridgehead atoms. The molecule has 5 nitrogen and oxygen atoms in total. The zero-order valence-corrected chi connectivity index (χ0v) is 12.0. The molecule has 2 rings (SSSR count). The topological polar surface area (TPSA) is 67.8 Å². The molecule has 0 aliphatic carbocycles. The van der Waals surface area contributed by atoms with E-state index in [4.69, 9.17) is 0 Å². The number of thiazole rings is 1. The second-order valence-electron chi connectivity index (χ2n) is 4.19. The number of carbonyl (C=O) groups is 1. The third-order valence-corrected chi connectivity index (χ3v) is 3.58. The molecule has 2 aromatic heterocycles. The van der Waals surface area contributed by atoms with Crippen molar-refractivity contribution in [2.75, 3.05) is 0 Å². The highest BCUT2D eigenvalue weighted by Crippen LogP contribution is 2.26. The number of aromatic nitrogens is 3. The summed E-state index contributed by atoms with van der Waals surface area (Å²) >= 11 is 1.22. The first-order chi connectivity index (χ1) is 9.77. The maximum atomic E-state index is 12.5. The highest BCUT2D eigenvalue weighted by atomic mass is 32.1. The summed E-state index contributed by atoms with van der Waals surface area (Å²) in [7, 11) is 0. The van der Waals surface area contributed by atoms with Crippen molar-refractivity contribution in [2.45, 2.75) is 26.6 Å². The van der Waals surface area contributed by atoms with Gasteiger partial charge in [0.25, 0.3) is 5.91 Å². The SMILES string of the molecule is Cc1nc(C)c(C(=O)NCc2nccc(C(F)(F)F)n2)s1. The third kappa shape index (κ3) is 3.75. The van der Waals surface area contributed by atoms with Crippen molar-refractivity contribution in [2.24, 2.45) is 0 Å². The number of amides is 1. The van der Waals surface area contributed by atoms with E-state index < -0.39 is 17.8 Å². The highest BCUT2D eigenvalue weighted by Gasteiger charge is 2.32. The number of carbonyl (C=O) groups excluding carboxylic acids is 1. The molecule has 0 radical (unpaired) electrons. The van der Waals surface area contributed by atoms with Gasteiger partial charge in [-0.25, -0.2) is 15.0 Å². The molecule has 0 aliphatic heterocycles. The Balaban J connectivity index is 2.07. The molecule has 0 aliphatic rings. The van der Waals surface area contributed by atoms with E-state index in [1.54, 1.807) is 13.8 Å². The van der Waals surface area contributed by atoms with Crippen LogP contribution in [0.5, 0.6) is 0 Å². The van der Waals surface area contributed by atoms with E-state index in [1.165, 1.54) is 11.3 Å². The number of hydrogen-bond acceptors (Lipinski definition) is 5. The van der Waals surface area contributed by atoms with Gasteiger partial charge in [0, 0.05) is 6.20 Å². The normalized spacial score (nSPS) is 11.5. The molecular formula is C12H11F3N4OS. The van der Waals surface area contributed by atoms with Gasteiger partial charge in [-0.3, -0.25) is 4.79 Å². The summed E-state index contributed by atoms with van der Waals surface area (Å²) in [5.74, 6) is -0.504. The summed E-state index contributed by atoms with van der Waals surface area (Å²) in [6.07, 6.45) is -3.52. The number of nitrogens with zero attached hydrogens (tertiary/aromatic N) is 3. The fraction of sp³-hybridized carbons (Fsp3) is 0.333. The molecule has 0 saturated carbocycles. The molecule has 0 fully saturated rings. The van der Waals surface area contributed by atoms with Crippen LogP contribution in [0.1, 0.15) is 31.9 Å². The van der Waals surface area contributed by atoms with E-state index in [1.807, 2.05) is 0 Å². The molecule has 0 aromatic carbocycles. The van der Waals surface area contributed by atoms with Gasteiger partial charge < -0.3 is 5.32 Å². The Bertz CT molecular complexity index is 669. The Morgan fingerprint density at radius 1 is 1.33 bits per heavy atom. The van der Waals surface area contributed by atoms with Gasteiger partial charge in [-0.2, -0.15) is 13.2 Å². The van der Waals surface area contributed by atoms with Crippen molar-refractivity contribution < 1.29 is 18.0 Å². The van der Waals surface area contributed by atoms with Gasteiger partial charge in [-0.15, -0.1) is 11.3 Å². The van der Waals surface area contributed by atoms with Crippen LogP contribution in [0.25, 0.3) is 0 Å². The van der Waals surface area contributed by atoms with Crippen LogP contribution in [-0.2, 0) is 12.7 Å². The fourth-order valence-electron chi connectivity index (χ4n) is 1.62. The molecule has 0 atom stereocenters. The van der Waals surface area contributed by atoms with Gasteiger partial charge in [0.2, 0.25) is 0 Å². The second-order valence-corrected chi connectivity index (χ2v) is 5.39. The minimum atomic E-state index is -4.53. The number of nitrogens with one attached hydrogen (secondary N) is 1. The molecule has 21 heavy (non-hydrogen) atoms. The second kappa shape index (κ2) is 5.76. The Kier molecular flexibility index (Phi) is 4.21. The van der Waals surface area contributed by atoms with Crippen molar-refractivity contribution in [3.8, 4) is 0 Å². The van der Waals surface area contributed by atoms with Crippen LogP contribution in [0.4, 0.5) is 13.2 Å². The van der Waals surface area contributed by atoms with Crippen LogP contribution >= 0.6 is 11.3 Å². The number of halogens is 3. The smallest absolute Gasteiger partial charge is 0.344 e. The maximum Gasteiger partial charge on any atom is 0.433 e. The minimum absolute atomic E-state index is 0.0999. The quantitative estimate of drug-likeness (QED) is 0.945. The lowest BCUT2D eigenvalue weighted by atomic mass is 10.3. The van der Waals surface area contributed by atoms with Crippen LogP contribution in [-0.4, -0.2) is 20.9 Å². The molecule has 1 N–H and O–H groups in total. The Morgan fingerprint density at radius 2 is 2.05 bits per heavy atom. The minimum Gasteiger partial charge on any atom is -0.344 e. The fourth-order valence-corrected chi connectivity index (χ4v) is 2.46. The van der Waals surface area contributed by atoms with E-state index in [0.717, 1.165) is 17.3 Å². The lowest BCUT2D eigenvalue weighted by Gasteiger charge is -2.07. The predicted octanol–water partition coefficient (Wildman–Crippen LogP) is 2.50.